The Morgan fingerprint density at radius 3 is 2.82 bits per heavy atom. The lowest BCUT2D eigenvalue weighted by atomic mass is 9.97. The fourth-order valence-electron chi connectivity index (χ4n) is 2.35. The third kappa shape index (κ3) is 3.52. The molecule has 0 amide bonds. The van der Waals surface area contributed by atoms with E-state index < -0.39 is 0 Å². The second kappa shape index (κ2) is 6.14. The molecular formula is C12H22N4O. The van der Waals surface area contributed by atoms with Gasteiger partial charge in [-0.25, -0.2) is 0 Å². The maximum Gasteiger partial charge on any atom is 0.0640 e. The molecule has 96 valence electrons. The normalized spacial score (nSPS) is 18.7. The van der Waals surface area contributed by atoms with Crippen molar-refractivity contribution < 1.29 is 5.11 Å². The first-order valence-corrected chi connectivity index (χ1v) is 6.36. The topological polar surface area (TPSA) is 67.3 Å². The van der Waals surface area contributed by atoms with Crippen molar-refractivity contribution in [2.24, 2.45) is 11.7 Å². The van der Waals surface area contributed by atoms with E-state index in [1.165, 1.54) is 18.4 Å². The molecule has 0 bridgehead atoms. The molecule has 1 fully saturated rings. The van der Waals surface area contributed by atoms with Gasteiger partial charge in [0.05, 0.1) is 19.3 Å². The van der Waals surface area contributed by atoms with Gasteiger partial charge in [0.2, 0.25) is 0 Å². The van der Waals surface area contributed by atoms with E-state index in [1.807, 2.05) is 12.4 Å². The lowest BCUT2D eigenvalue weighted by molar-refractivity contribution is 0.180. The predicted molar refractivity (Wildman–Crippen MR) is 66.4 cm³/mol. The zero-order valence-corrected chi connectivity index (χ0v) is 10.3. The van der Waals surface area contributed by atoms with Crippen LogP contribution in [0.15, 0.2) is 12.4 Å². The first-order valence-electron chi connectivity index (χ1n) is 6.36. The van der Waals surface area contributed by atoms with Gasteiger partial charge in [-0.15, -0.1) is 0 Å². The van der Waals surface area contributed by atoms with Crippen LogP contribution in [0.1, 0.15) is 18.4 Å². The molecule has 0 atom stereocenters. The summed E-state index contributed by atoms with van der Waals surface area (Å²) in [5.41, 5.74) is 6.91. The highest BCUT2D eigenvalue weighted by molar-refractivity contribution is 5.03. The lowest BCUT2D eigenvalue weighted by Gasteiger charge is -2.30. The van der Waals surface area contributed by atoms with Crippen LogP contribution in [0.3, 0.4) is 0 Å². The van der Waals surface area contributed by atoms with Crippen LogP contribution in [-0.2, 0) is 13.1 Å². The molecule has 0 spiro atoms. The number of nitrogens with two attached hydrogens (primary N) is 1. The van der Waals surface area contributed by atoms with Crippen molar-refractivity contribution in [2.75, 3.05) is 26.2 Å². The molecule has 5 nitrogen and oxygen atoms in total. The molecule has 5 heteroatoms. The van der Waals surface area contributed by atoms with E-state index in [2.05, 4.69) is 10.00 Å². The Hall–Kier alpha value is -0.910. The molecule has 1 aromatic heterocycles. The van der Waals surface area contributed by atoms with Gasteiger partial charge in [-0.2, -0.15) is 5.10 Å². The van der Waals surface area contributed by atoms with Crippen molar-refractivity contribution in [2.45, 2.75) is 25.9 Å². The molecule has 3 N–H and O–H groups in total. The van der Waals surface area contributed by atoms with E-state index in [4.69, 9.17) is 10.8 Å². The Morgan fingerprint density at radius 1 is 1.41 bits per heavy atom. The van der Waals surface area contributed by atoms with Crippen molar-refractivity contribution >= 4 is 0 Å². The van der Waals surface area contributed by atoms with Gasteiger partial charge in [0.25, 0.3) is 0 Å². The molecule has 2 rings (SSSR count). The minimum atomic E-state index is 0.142. The number of aliphatic hydroxyl groups is 1. The SMILES string of the molecule is NCC1CCN(Cc2cnn(CCO)c2)CC1. The van der Waals surface area contributed by atoms with Crippen molar-refractivity contribution in [3.8, 4) is 0 Å². The molecule has 1 saturated heterocycles. The fraction of sp³-hybridized carbons (Fsp3) is 0.750. The van der Waals surface area contributed by atoms with Crippen LogP contribution in [0.4, 0.5) is 0 Å². The minimum Gasteiger partial charge on any atom is -0.394 e. The van der Waals surface area contributed by atoms with Crippen molar-refractivity contribution in [1.29, 1.82) is 0 Å². The van der Waals surface area contributed by atoms with Crippen molar-refractivity contribution in [3.63, 3.8) is 0 Å². The molecule has 0 saturated carbocycles. The third-order valence-corrected chi connectivity index (χ3v) is 3.46. The second-order valence-corrected chi connectivity index (χ2v) is 4.79. The van der Waals surface area contributed by atoms with E-state index in [0.717, 1.165) is 26.2 Å². The smallest absolute Gasteiger partial charge is 0.0640 e. The molecule has 2 heterocycles. The van der Waals surface area contributed by atoms with Gasteiger partial charge >= 0.3 is 0 Å². The summed E-state index contributed by atoms with van der Waals surface area (Å²) in [6.07, 6.45) is 6.33. The molecule has 1 aromatic rings. The number of nitrogens with zero attached hydrogens (tertiary/aromatic N) is 3. The number of hydrogen-bond acceptors (Lipinski definition) is 4. The summed E-state index contributed by atoms with van der Waals surface area (Å²) in [4.78, 5) is 2.45. The second-order valence-electron chi connectivity index (χ2n) is 4.79. The Balaban J connectivity index is 1.80. The molecule has 0 aromatic carbocycles. The molecule has 1 aliphatic heterocycles. The number of aromatic nitrogens is 2. The first-order chi connectivity index (χ1) is 8.31. The molecule has 17 heavy (non-hydrogen) atoms. The van der Waals surface area contributed by atoms with Crippen LogP contribution >= 0.6 is 0 Å². The van der Waals surface area contributed by atoms with Crippen LogP contribution < -0.4 is 5.73 Å². The van der Waals surface area contributed by atoms with E-state index >= 15 is 0 Å². The average molecular weight is 238 g/mol. The Morgan fingerprint density at radius 2 is 2.18 bits per heavy atom. The number of hydrogen-bond donors (Lipinski definition) is 2. The van der Waals surface area contributed by atoms with Crippen LogP contribution in [0.25, 0.3) is 0 Å². The molecule has 0 unspecified atom stereocenters. The molecule has 0 radical (unpaired) electrons. The van der Waals surface area contributed by atoms with E-state index in [-0.39, 0.29) is 6.61 Å². The summed E-state index contributed by atoms with van der Waals surface area (Å²) >= 11 is 0. The van der Waals surface area contributed by atoms with Gasteiger partial charge < -0.3 is 10.8 Å². The van der Waals surface area contributed by atoms with Crippen molar-refractivity contribution in [3.05, 3.63) is 18.0 Å². The predicted octanol–water partition coefficient (Wildman–Crippen LogP) is 0.0461. The highest BCUT2D eigenvalue weighted by atomic mass is 16.3. The highest BCUT2D eigenvalue weighted by Crippen LogP contribution is 2.17. The third-order valence-electron chi connectivity index (χ3n) is 3.46. The summed E-state index contributed by atoms with van der Waals surface area (Å²) in [6, 6.07) is 0. The van der Waals surface area contributed by atoms with Crippen LogP contribution in [0.5, 0.6) is 0 Å². The number of rotatable bonds is 5. The Labute approximate surface area is 102 Å². The molecule has 0 aliphatic carbocycles. The van der Waals surface area contributed by atoms with Gasteiger partial charge in [-0.3, -0.25) is 9.58 Å². The largest absolute Gasteiger partial charge is 0.394 e. The number of piperidine rings is 1. The quantitative estimate of drug-likeness (QED) is 0.760. The van der Waals surface area contributed by atoms with Crippen LogP contribution in [0.2, 0.25) is 0 Å². The van der Waals surface area contributed by atoms with Gasteiger partial charge in [0.15, 0.2) is 0 Å². The van der Waals surface area contributed by atoms with Gasteiger partial charge in [-0.05, 0) is 38.4 Å². The van der Waals surface area contributed by atoms with Crippen LogP contribution in [-0.4, -0.2) is 46.0 Å². The van der Waals surface area contributed by atoms with Gasteiger partial charge in [0.1, 0.15) is 0 Å². The Bertz CT molecular complexity index is 331. The first kappa shape index (κ1) is 12.5. The maximum absolute atomic E-state index is 8.82. The summed E-state index contributed by atoms with van der Waals surface area (Å²) < 4.78 is 1.79. The zero-order chi connectivity index (χ0) is 12.1. The number of aliphatic hydroxyl groups excluding tert-OH is 1. The van der Waals surface area contributed by atoms with Crippen LogP contribution in [0, 0.1) is 5.92 Å². The summed E-state index contributed by atoms with van der Waals surface area (Å²) in [5, 5.41) is 13.0. The van der Waals surface area contributed by atoms with Crippen molar-refractivity contribution in [1.82, 2.24) is 14.7 Å². The van der Waals surface area contributed by atoms with E-state index in [0.29, 0.717) is 12.5 Å². The summed E-state index contributed by atoms with van der Waals surface area (Å²) in [7, 11) is 0. The molecule has 1 aliphatic rings. The molecular weight excluding hydrogens is 216 g/mol. The summed E-state index contributed by atoms with van der Waals surface area (Å²) in [6.45, 7) is 4.77. The highest BCUT2D eigenvalue weighted by Gasteiger charge is 2.18. The number of likely N-dealkylation sites (tertiary alicyclic amines) is 1. The van der Waals surface area contributed by atoms with Gasteiger partial charge in [0, 0.05) is 18.3 Å². The minimum absolute atomic E-state index is 0.142. The summed E-state index contributed by atoms with van der Waals surface area (Å²) in [5.74, 6) is 0.711. The fourth-order valence-corrected chi connectivity index (χ4v) is 2.35. The Kier molecular flexibility index (Phi) is 4.53. The van der Waals surface area contributed by atoms with E-state index in [9.17, 15) is 0 Å². The van der Waals surface area contributed by atoms with E-state index in [1.54, 1.807) is 4.68 Å². The van der Waals surface area contributed by atoms with Gasteiger partial charge in [-0.1, -0.05) is 0 Å². The monoisotopic (exact) mass is 238 g/mol. The lowest BCUT2D eigenvalue weighted by Crippen LogP contribution is -2.35. The average Bonchev–Trinajstić information content (AvgIpc) is 2.78. The maximum atomic E-state index is 8.82. The zero-order valence-electron chi connectivity index (χ0n) is 10.3. The standard InChI is InChI=1S/C12H22N4O/c13-7-11-1-3-15(4-2-11)9-12-8-14-16(10-12)5-6-17/h8,10-11,17H,1-7,9,13H2.